The molecule has 42 heavy (non-hydrogen) atoms. The molecule has 0 N–H and O–H groups in total. The third kappa shape index (κ3) is 6.15. The van der Waals surface area contributed by atoms with E-state index in [1.807, 2.05) is 46.9 Å². The number of benzene rings is 3. The van der Waals surface area contributed by atoms with Crippen molar-refractivity contribution >= 4 is 36.2 Å². The van der Waals surface area contributed by atoms with E-state index in [4.69, 9.17) is 0 Å². The standard InChI is InChI=1S/C37H49IO3S/c1-11-34(5,6)26-15-20-29(21-16-26)42(40,41)30-22-17-27(18-23-30)36(9,13-3)37(10,14-4)32-24-19-28(35(7,8)12-2)25-31(32)33(38)39/h15-25H,11-14H2,1-10H3. The Morgan fingerprint density at radius 3 is 1.40 bits per heavy atom. The lowest BCUT2D eigenvalue weighted by Crippen LogP contribution is -2.45. The highest BCUT2D eigenvalue weighted by Gasteiger charge is 2.46. The summed E-state index contributed by atoms with van der Waals surface area (Å²) in [6.45, 7) is 22.0. The van der Waals surface area contributed by atoms with E-state index in [1.54, 1.807) is 24.3 Å². The van der Waals surface area contributed by atoms with Gasteiger partial charge in [-0.25, -0.2) is 8.42 Å². The Morgan fingerprint density at radius 1 is 0.595 bits per heavy atom. The lowest BCUT2D eigenvalue weighted by Gasteiger charge is -2.48. The lowest BCUT2D eigenvalue weighted by molar-refractivity contribution is 0.110. The summed E-state index contributed by atoms with van der Waals surface area (Å²) in [5.74, 6) is 0. The topological polar surface area (TPSA) is 51.2 Å². The first-order valence-corrected chi connectivity index (χ1v) is 17.8. The fourth-order valence-corrected chi connectivity index (χ4v) is 7.74. The molecule has 0 saturated carbocycles. The number of hydrogen-bond acceptors (Lipinski definition) is 3. The SMILES string of the molecule is CCC(C)(C)c1ccc(S(=O)(=O)c2ccc(C(C)(CC)C(C)(CC)c3ccc(C(C)(C)CC)cc3C(=O)I)cc2)cc1. The van der Waals surface area contributed by atoms with Crippen LogP contribution in [0.15, 0.2) is 76.5 Å². The molecular formula is C37H49IO3S. The first-order valence-electron chi connectivity index (χ1n) is 15.3. The average Bonchev–Trinajstić information content (AvgIpc) is 2.99. The summed E-state index contributed by atoms with van der Waals surface area (Å²) in [5.41, 5.74) is 4.45. The van der Waals surface area contributed by atoms with E-state index >= 15 is 0 Å². The van der Waals surface area contributed by atoms with E-state index in [0.29, 0.717) is 9.79 Å². The Balaban J connectivity index is 2.08. The van der Waals surface area contributed by atoms with E-state index in [-0.39, 0.29) is 25.4 Å². The van der Waals surface area contributed by atoms with Crippen LogP contribution < -0.4 is 0 Å². The second-order valence-electron chi connectivity index (χ2n) is 13.4. The maximum atomic E-state index is 13.6. The maximum Gasteiger partial charge on any atom is 0.222 e. The van der Waals surface area contributed by atoms with Crippen molar-refractivity contribution in [2.75, 3.05) is 0 Å². The van der Waals surface area contributed by atoms with Crippen LogP contribution in [0.3, 0.4) is 0 Å². The van der Waals surface area contributed by atoms with Gasteiger partial charge in [-0.15, -0.1) is 0 Å². The van der Waals surface area contributed by atoms with E-state index in [0.717, 1.165) is 47.9 Å². The normalized spacial score (nSPS) is 15.6. The third-order valence-corrected chi connectivity index (χ3v) is 13.1. The van der Waals surface area contributed by atoms with Gasteiger partial charge in [0.25, 0.3) is 0 Å². The minimum atomic E-state index is -3.66. The van der Waals surface area contributed by atoms with Crippen molar-refractivity contribution in [1.29, 1.82) is 0 Å². The quantitative estimate of drug-likeness (QED) is 0.140. The molecule has 228 valence electrons. The molecule has 0 bridgehead atoms. The molecule has 5 heteroatoms. The smallest absolute Gasteiger partial charge is 0.222 e. The predicted octanol–water partition coefficient (Wildman–Crippen LogP) is 10.5. The Labute approximate surface area is 269 Å². The fourth-order valence-electron chi connectivity index (χ4n) is 6.03. The molecule has 0 saturated heterocycles. The van der Waals surface area contributed by atoms with E-state index in [1.165, 1.54) is 5.56 Å². The van der Waals surface area contributed by atoms with Gasteiger partial charge in [-0.1, -0.05) is 106 Å². The average molecular weight is 701 g/mol. The van der Waals surface area contributed by atoms with Crippen LogP contribution in [0.2, 0.25) is 0 Å². The zero-order valence-corrected chi connectivity index (χ0v) is 30.2. The van der Waals surface area contributed by atoms with Gasteiger partial charge in [-0.3, -0.25) is 4.79 Å². The van der Waals surface area contributed by atoms with Gasteiger partial charge in [0.15, 0.2) is 0 Å². The van der Waals surface area contributed by atoms with Gasteiger partial charge >= 0.3 is 0 Å². The first kappa shape index (κ1) is 34.5. The second kappa shape index (κ2) is 12.6. The molecule has 3 rings (SSSR count). The molecule has 3 aromatic rings. The number of hydrogen-bond donors (Lipinski definition) is 0. The molecule has 3 aromatic carbocycles. The first-order chi connectivity index (χ1) is 19.4. The van der Waals surface area contributed by atoms with Gasteiger partial charge in [-0.2, -0.15) is 0 Å². The van der Waals surface area contributed by atoms with Crippen LogP contribution in [0.25, 0.3) is 0 Å². The number of carbonyl (C=O) groups is 1. The van der Waals surface area contributed by atoms with E-state index < -0.39 is 9.84 Å². The van der Waals surface area contributed by atoms with Crippen molar-refractivity contribution in [1.82, 2.24) is 0 Å². The van der Waals surface area contributed by atoms with Gasteiger partial charge < -0.3 is 0 Å². The molecule has 0 aliphatic rings. The van der Waals surface area contributed by atoms with Crippen molar-refractivity contribution in [3.63, 3.8) is 0 Å². The summed E-state index contributed by atoms with van der Waals surface area (Å²) < 4.78 is 27.2. The third-order valence-electron chi connectivity index (χ3n) is 10.8. The van der Waals surface area contributed by atoms with Crippen LogP contribution in [-0.2, 0) is 31.5 Å². The van der Waals surface area contributed by atoms with Crippen LogP contribution in [0.5, 0.6) is 0 Å². The Hall–Kier alpha value is -1.99. The minimum absolute atomic E-state index is 0.00517. The highest BCUT2D eigenvalue weighted by atomic mass is 127. The van der Waals surface area contributed by atoms with Crippen LogP contribution in [-0.4, -0.2) is 12.2 Å². The number of rotatable bonds is 12. The van der Waals surface area contributed by atoms with Crippen LogP contribution >= 0.6 is 22.6 Å². The largest absolute Gasteiger partial charge is 0.282 e. The Kier molecular flexibility index (Phi) is 10.3. The highest BCUT2D eigenvalue weighted by molar-refractivity contribution is 14.1. The molecular weight excluding hydrogens is 651 g/mol. The molecule has 2 atom stereocenters. The Morgan fingerprint density at radius 2 is 1.00 bits per heavy atom. The van der Waals surface area contributed by atoms with E-state index in [2.05, 4.69) is 87.4 Å². The number of halogens is 1. The van der Waals surface area contributed by atoms with Crippen molar-refractivity contribution in [2.45, 2.75) is 126 Å². The van der Waals surface area contributed by atoms with Crippen molar-refractivity contribution in [3.05, 3.63) is 94.5 Å². The number of sulfone groups is 1. The van der Waals surface area contributed by atoms with Gasteiger partial charge in [-0.05, 0) is 89.1 Å². The molecule has 0 aromatic heterocycles. The summed E-state index contributed by atoms with van der Waals surface area (Å²) in [6, 6.07) is 21.2. The molecule has 0 aliphatic heterocycles. The van der Waals surface area contributed by atoms with Crippen molar-refractivity contribution in [2.24, 2.45) is 0 Å². The molecule has 0 spiro atoms. The van der Waals surface area contributed by atoms with Gasteiger partial charge in [0.05, 0.1) is 9.79 Å². The summed E-state index contributed by atoms with van der Waals surface area (Å²) >= 11 is 1.92. The molecule has 2 unspecified atom stereocenters. The fraction of sp³-hybridized carbons (Fsp3) is 0.486. The van der Waals surface area contributed by atoms with Gasteiger partial charge in [0.1, 0.15) is 0 Å². The minimum Gasteiger partial charge on any atom is -0.282 e. The summed E-state index contributed by atoms with van der Waals surface area (Å²) in [6.07, 6.45) is 3.61. The molecule has 0 radical (unpaired) electrons. The van der Waals surface area contributed by atoms with Crippen LogP contribution in [0.4, 0.5) is 0 Å². The molecule has 0 aliphatic carbocycles. The van der Waals surface area contributed by atoms with Gasteiger partial charge in [0, 0.05) is 39.0 Å². The summed E-state index contributed by atoms with van der Waals surface area (Å²) in [4.78, 5) is 13.7. The summed E-state index contributed by atoms with van der Waals surface area (Å²) in [5, 5.41) is 0. The van der Waals surface area contributed by atoms with Crippen molar-refractivity contribution < 1.29 is 13.2 Å². The summed E-state index contributed by atoms with van der Waals surface area (Å²) in [7, 11) is -3.66. The van der Waals surface area contributed by atoms with Gasteiger partial charge in [0.2, 0.25) is 13.6 Å². The van der Waals surface area contributed by atoms with E-state index in [9.17, 15) is 13.2 Å². The van der Waals surface area contributed by atoms with Crippen LogP contribution in [0, 0.1) is 0 Å². The monoisotopic (exact) mass is 700 g/mol. The van der Waals surface area contributed by atoms with Crippen molar-refractivity contribution in [3.8, 4) is 0 Å². The zero-order valence-electron chi connectivity index (χ0n) is 27.2. The lowest BCUT2D eigenvalue weighted by atomic mass is 9.55. The molecule has 0 fully saturated rings. The molecule has 3 nitrogen and oxygen atoms in total. The predicted molar refractivity (Wildman–Crippen MR) is 185 cm³/mol. The molecule has 0 heterocycles. The van der Waals surface area contributed by atoms with Crippen LogP contribution in [0.1, 0.15) is 128 Å². The zero-order chi connectivity index (χ0) is 31.7. The second-order valence-corrected chi connectivity index (χ2v) is 16.4. The Bertz CT molecular complexity index is 1520. The maximum absolute atomic E-state index is 13.6. The highest BCUT2D eigenvalue weighted by Crippen LogP contribution is 2.50. The molecule has 0 amide bonds. The number of carbonyl (C=O) groups excluding carboxylic acids is 1.